The van der Waals surface area contributed by atoms with Crippen LogP contribution in [0.2, 0.25) is 0 Å². The van der Waals surface area contributed by atoms with Crippen LogP contribution in [0.15, 0.2) is 0 Å². The molecule has 248 valence electrons. The Labute approximate surface area is 245 Å². The van der Waals surface area contributed by atoms with Crippen molar-refractivity contribution in [2.75, 3.05) is 37.0 Å². The number of unbranched alkanes of at least 4 members (excludes halogenated alkanes) is 12. The Balaban J connectivity index is 0. The SMILES string of the molecule is CCCCCP(CCCCC)(CCCCC)=[N+]=P(CCCCC)(CCCCC)CCCCC.F[P-](F)(F)(F)(F)F. The van der Waals surface area contributed by atoms with Gasteiger partial charge in [0, 0.05) is 37.0 Å². The third-order valence-electron chi connectivity index (χ3n) is 7.45. The first-order chi connectivity index (χ1) is 18.5. The topological polar surface area (TPSA) is 14.1 Å². The third-order valence-corrected chi connectivity index (χ3v) is 17.4. The summed E-state index contributed by atoms with van der Waals surface area (Å²) in [6.45, 7) is 14.3. The molecule has 0 aliphatic carbocycles. The standard InChI is InChI=1S/C30H66NP2.F6P/c1-7-13-19-25-32(26-20-14-8-2,27-21-15-9-3)31-33(28-22-16-10-4,29-23-17-11-5)30-24-18-12-6;1-7(2,3,4,5)6/h7-30H2,1-6H3;/q+1;-1. The van der Waals surface area contributed by atoms with Crippen molar-refractivity contribution in [1.82, 2.24) is 4.17 Å². The molecule has 0 N–H and O–H groups in total. The van der Waals surface area contributed by atoms with Crippen molar-refractivity contribution in [3.05, 3.63) is 0 Å². The Morgan fingerprint density at radius 3 is 0.625 bits per heavy atom. The molecule has 0 aliphatic heterocycles. The molecule has 0 radical (unpaired) electrons. The number of halogens is 6. The summed E-state index contributed by atoms with van der Waals surface area (Å²) in [7, 11) is -13.0. The Kier molecular flexibility index (Phi) is 22.8. The molecule has 0 fully saturated rings. The van der Waals surface area contributed by atoms with E-state index >= 15 is 0 Å². The second-order valence-corrected chi connectivity index (χ2v) is 21.5. The molecular weight excluding hydrogens is 581 g/mol. The summed E-state index contributed by atoms with van der Waals surface area (Å²) in [6.07, 6.45) is 34.3. The van der Waals surface area contributed by atoms with Crippen LogP contribution in [0.25, 0.3) is 0 Å². The number of hydrogen-bond acceptors (Lipinski definition) is 0. The van der Waals surface area contributed by atoms with Gasteiger partial charge in [-0.05, 0) is 38.5 Å². The Hall–Kier alpha value is 0.580. The van der Waals surface area contributed by atoms with E-state index in [1.807, 2.05) is 0 Å². The normalized spacial score (nSPS) is 14.2. The number of rotatable bonds is 24. The maximum absolute atomic E-state index is 10.7. The molecule has 0 unspecified atom stereocenters. The van der Waals surface area contributed by atoms with E-state index in [1.54, 1.807) is 0 Å². The van der Waals surface area contributed by atoms with E-state index in [0.717, 1.165) is 0 Å². The monoisotopic (exact) mass is 647 g/mol. The van der Waals surface area contributed by atoms with Gasteiger partial charge in [-0.15, -0.1) is 0 Å². The van der Waals surface area contributed by atoms with E-state index in [2.05, 4.69) is 41.5 Å². The summed E-state index contributed by atoms with van der Waals surface area (Å²) >= 11 is 0. The van der Waals surface area contributed by atoms with Gasteiger partial charge in [0.1, 0.15) is 0 Å². The van der Waals surface area contributed by atoms with Crippen LogP contribution < -0.4 is 4.17 Å². The molecule has 0 heterocycles. The van der Waals surface area contributed by atoms with Crippen LogP contribution in [0, 0.1) is 0 Å². The van der Waals surface area contributed by atoms with Crippen LogP contribution in [0.5, 0.6) is 0 Å². The first kappa shape index (κ1) is 42.7. The van der Waals surface area contributed by atoms with Crippen LogP contribution in [-0.2, 0) is 0 Å². The van der Waals surface area contributed by atoms with Crippen LogP contribution in [0.3, 0.4) is 0 Å². The van der Waals surface area contributed by atoms with Gasteiger partial charge < -0.3 is 0 Å². The molecule has 0 aromatic carbocycles. The summed E-state index contributed by atoms with van der Waals surface area (Å²) in [4.78, 5) is 0. The first-order valence-corrected chi connectivity index (χ1v) is 23.2. The fourth-order valence-electron chi connectivity index (χ4n) is 5.28. The molecule has 0 spiro atoms. The van der Waals surface area contributed by atoms with Gasteiger partial charge in [0.25, 0.3) is 0 Å². The Bertz CT molecular complexity index is 609. The van der Waals surface area contributed by atoms with Gasteiger partial charge in [0.15, 0.2) is 0 Å². The van der Waals surface area contributed by atoms with Gasteiger partial charge in [0.2, 0.25) is 14.1 Å². The first-order valence-electron chi connectivity index (χ1n) is 16.6. The van der Waals surface area contributed by atoms with Crippen molar-refractivity contribution in [2.24, 2.45) is 0 Å². The van der Waals surface area contributed by atoms with Crippen molar-refractivity contribution < 1.29 is 25.2 Å². The fourth-order valence-corrected chi connectivity index (χ4v) is 16.9. The minimum absolute atomic E-state index is 1.18. The molecule has 40 heavy (non-hydrogen) atoms. The maximum atomic E-state index is 9.87. The van der Waals surface area contributed by atoms with Gasteiger partial charge in [0.05, 0.1) is 0 Å². The number of nitrogens with zero attached hydrogens (tertiary/aromatic N) is 1. The van der Waals surface area contributed by atoms with Crippen LogP contribution in [-0.4, -0.2) is 37.0 Å². The van der Waals surface area contributed by atoms with E-state index in [1.165, 1.54) is 153 Å². The average molecular weight is 648 g/mol. The minimum atomic E-state index is -10.7. The average Bonchev–Trinajstić information content (AvgIpc) is 2.83. The molecule has 0 saturated heterocycles. The van der Waals surface area contributed by atoms with E-state index in [0.29, 0.717) is 0 Å². The second-order valence-electron chi connectivity index (χ2n) is 11.8. The van der Waals surface area contributed by atoms with Gasteiger partial charge in [-0.2, -0.15) is 4.17 Å². The van der Waals surface area contributed by atoms with E-state index in [9.17, 15) is 25.2 Å². The molecule has 1 nitrogen and oxygen atoms in total. The zero-order chi connectivity index (χ0) is 31.1. The zero-order valence-corrected chi connectivity index (χ0v) is 29.7. The quantitative estimate of drug-likeness (QED) is 0.0428. The molecule has 10 heteroatoms. The molecule has 0 aromatic heterocycles. The van der Waals surface area contributed by atoms with Crippen molar-refractivity contribution in [2.45, 2.75) is 157 Å². The fraction of sp³-hybridized carbons (Fsp3) is 1.00. The van der Waals surface area contributed by atoms with Crippen molar-refractivity contribution >= 4 is 21.9 Å². The molecule has 0 aromatic rings. The summed E-state index contributed by atoms with van der Waals surface area (Å²) in [6, 6.07) is 0. The molecule has 0 rings (SSSR count). The van der Waals surface area contributed by atoms with Crippen molar-refractivity contribution in [3.63, 3.8) is 0 Å². The summed E-state index contributed by atoms with van der Waals surface area (Å²) in [5, 5.41) is 0. The zero-order valence-electron chi connectivity index (χ0n) is 27.0. The summed E-state index contributed by atoms with van der Waals surface area (Å²) < 4.78 is 65.6. The summed E-state index contributed by atoms with van der Waals surface area (Å²) in [5.74, 6) is 0. The van der Waals surface area contributed by atoms with Crippen LogP contribution >= 0.6 is 21.9 Å². The molecule has 0 amide bonds. The molecule has 0 bridgehead atoms. The van der Waals surface area contributed by atoms with Crippen LogP contribution in [0.4, 0.5) is 25.2 Å². The van der Waals surface area contributed by atoms with E-state index in [4.69, 9.17) is 4.17 Å². The van der Waals surface area contributed by atoms with E-state index < -0.39 is 21.9 Å². The third kappa shape index (κ3) is 30.1. The Morgan fingerprint density at radius 1 is 0.350 bits per heavy atom. The second kappa shape index (κ2) is 21.3. The molecule has 0 atom stereocenters. The molecule has 0 aliphatic rings. The van der Waals surface area contributed by atoms with Gasteiger partial charge in [-0.3, -0.25) is 0 Å². The van der Waals surface area contributed by atoms with Gasteiger partial charge in [-0.25, -0.2) is 0 Å². The molecule has 0 saturated carbocycles. The van der Waals surface area contributed by atoms with Gasteiger partial charge >= 0.3 is 33.0 Å². The Morgan fingerprint density at radius 2 is 0.500 bits per heavy atom. The number of hydrogen-bond donors (Lipinski definition) is 0. The van der Waals surface area contributed by atoms with Crippen LogP contribution in [0.1, 0.15) is 157 Å². The summed E-state index contributed by atoms with van der Waals surface area (Å²) in [5.41, 5.74) is 0. The predicted octanol–water partition coefficient (Wildman–Crippen LogP) is 15.0. The van der Waals surface area contributed by atoms with E-state index in [-0.39, 0.29) is 0 Å². The molecular formula is C30H66F6NP3. The van der Waals surface area contributed by atoms with Crippen molar-refractivity contribution in [3.8, 4) is 0 Å². The van der Waals surface area contributed by atoms with Crippen molar-refractivity contribution in [1.29, 1.82) is 0 Å². The van der Waals surface area contributed by atoms with Gasteiger partial charge in [-0.1, -0.05) is 119 Å². The predicted molar refractivity (Wildman–Crippen MR) is 176 cm³/mol.